The predicted octanol–water partition coefficient (Wildman–Crippen LogP) is 3.58. The van der Waals surface area contributed by atoms with Crippen molar-refractivity contribution in [3.63, 3.8) is 0 Å². The highest BCUT2D eigenvalue weighted by Crippen LogP contribution is 2.40. The molecular weight excluding hydrogens is 366 g/mol. The van der Waals surface area contributed by atoms with Crippen LogP contribution in [-0.2, 0) is 11.8 Å². The molecule has 1 aliphatic heterocycles. The van der Waals surface area contributed by atoms with Gasteiger partial charge < -0.3 is 14.4 Å². The zero-order valence-corrected chi connectivity index (χ0v) is 17.4. The first-order valence-electron chi connectivity index (χ1n) is 10.3. The highest BCUT2D eigenvalue weighted by atomic mass is 16.5. The van der Waals surface area contributed by atoms with Gasteiger partial charge in [-0.3, -0.25) is 4.68 Å². The van der Waals surface area contributed by atoms with Crippen molar-refractivity contribution < 1.29 is 9.47 Å². The molecule has 0 spiro atoms. The summed E-state index contributed by atoms with van der Waals surface area (Å²) in [6, 6.07) is 8.21. The molecule has 1 aromatic carbocycles. The van der Waals surface area contributed by atoms with Crippen molar-refractivity contribution in [3.05, 3.63) is 30.6 Å². The van der Waals surface area contributed by atoms with Crippen LogP contribution >= 0.6 is 0 Å². The van der Waals surface area contributed by atoms with Crippen LogP contribution in [0, 0.1) is 0 Å². The van der Waals surface area contributed by atoms with Crippen LogP contribution in [0.1, 0.15) is 33.6 Å². The number of rotatable bonds is 4. The molecule has 152 valence electrons. The van der Waals surface area contributed by atoms with E-state index < -0.39 is 0 Å². The summed E-state index contributed by atoms with van der Waals surface area (Å²) in [5, 5.41) is 5.80. The highest BCUT2D eigenvalue weighted by molar-refractivity contribution is 5.93. The van der Waals surface area contributed by atoms with Crippen LogP contribution in [0.25, 0.3) is 22.3 Å². The van der Waals surface area contributed by atoms with E-state index in [1.807, 2.05) is 23.9 Å². The second-order valence-corrected chi connectivity index (χ2v) is 8.63. The number of hydrogen-bond donors (Lipinski definition) is 0. The molecule has 2 unspecified atom stereocenters. The van der Waals surface area contributed by atoms with Gasteiger partial charge in [-0.1, -0.05) is 0 Å². The summed E-state index contributed by atoms with van der Waals surface area (Å²) in [5.41, 5.74) is 2.72. The van der Waals surface area contributed by atoms with Crippen LogP contribution in [0.2, 0.25) is 0 Å². The fraction of sp³-hybridized carbons (Fsp3) is 0.500. The fourth-order valence-corrected chi connectivity index (χ4v) is 4.07. The molecule has 2 aromatic heterocycles. The SMILES string of the molecule is CC1CN(c2cc(-c3nn(C)c4ccc(OC5(C)CC5)cc34)ncn2)CC(C)O1. The molecule has 5 rings (SSSR count). The van der Waals surface area contributed by atoms with Gasteiger partial charge in [0.15, 0.2) is 0 Å². The van der Waals surface area contributed by atoms with Crippen LogP contribution in [0.5, 0.6) is 5.75 Å². The van der Waals surface area contributed by atoms with Crippen LogP contribution in [0.4, 0.5) is 5.82 Å². The van der Waals surface area contributed by atoms with E-state index in [1.165, 1.54) is 0 Å². The average molecular weight is 393 g/mol. The molecule has 3 aromatic rings. The molecule has 1 saturated heterocycles. The third-order valence-corrected chi connectivity index (χ3v) is 5.78. The summed E-state index contributed by atoms with van der Waals surface area (Å²) in [5.74, 6) is 1.80. The number of anilines is 1. The van der Waals surface area contributed by atoms with Gasteiger partial charge in [-0.05, 0) is 51.8 Å². The number of hydrogen-bond acceptors (Lipinski definition) is 6. The molecule has 3 heterocycles. The molecule has 1 aliphatic carbocycles. The van der Waals surface area contributed by atoms with Gasteiger partial charge in [-0.15, -0.1) is 0 Å². The maximum absolute atomic E-state index is 6.17. The van der Waals surface area contributed by atoms with Crippen LogP contribution in [-0.4, -0.2) is 50.6 Å². The van der Waals surface area contributed by atoms with E-state index in [2.05, 4.69) is 47.8 Å². The quantitative estimate of drug-likeness (QED) is 0.675. The van der Waals surface area contributed by atoms with E-state index in [0.29, 0.717) is 0 Å². The second kappa shape index (κ2) is 6.69. The van der Waals surface area contributed by atoms with Crippen molar-refractivity contribution in [2.24, 2.45) is 7.05 Å². The Bertz CT molecular complexity index is 1050. The summed E-state index contributed by atoms with van der Waals surface area (Å²) in [6.45, 7) is 7.99. The van der Waals surface area contributed by atoms with Gasteiger partial charge in [-0.2, -0.15) is 5.10 Å². The smallest absolute Gasteiger partial charge is 0.132 e. The van der Waals surface area contributed by atoms with Crippen molar-refractivity contribution in [2.45, 2.75) is 51.4 Å². The topological polar surface area (TPSA) is 65.3 Å². The standard InChI is InChI=1S/C22H27N5O2/c1-14-11-27(12-15(2)28-14)20-10-18(23-13-24-20)21-17-9-16(29-22(3)7-8-22)5-6-19(17)26(4)25-21/h5-6,9-10,13-15H,7-8,11-12H2,1-4H3. The molecular formula is C22H27N5O2. The van der Waals surface area contributed by atoms with E-state index in [0.717, 1.165) is 59.8 Å². The second-order valence-electron chi connectivity index (χ2n) is 8.63. The number of nitrogens with zero attached hydrogens (tertiary/aromatic N) is 5. The van der Waals surface area contributed by atoms with Gasteiger partial charge in [0, 0.05) is 31.6 Å². The largest absolute Gasteiger partial charge is 0.488 e. The van der Waals surface area contributed by atoms with Gasteiger partial charge in [0.1, 0.15) is 29.2 Å². The van der Waals surface area contributed by atoms with E-state index in [-0.39, 0.29) is 17.8 Å². The Morgan fingerprint density at radius 1 is 1.10 bits per heavy atom. The Morgan fingerprint density at radius 2 is 1.86 bits per heavy atom. The Morgan fingerprint density at radius 3 is 2.59 bits per heavy atom. The van der Waals surface area contributed by atoms with E-state index in [1.54, 1.807) is 6.33 Å². The van der Waals surface area contributed by atoms with E-state index in [9.17, 15) is 0 Å². The first-order valence-corrected chi connectivity index (χ1v) is 10.3. The Balaban J connectivity index is 1.52. The molecule has 7 nitrogen and oxygen atoms in total. The molecule has 0 radical (unpaired) electrons. The molecule has 2 aliphatic rings. The Hall–Kier alpha value is -2.67. The molecule has 2 fully saturated rings. The molecule has 2 atom stereocenters. The minimum atomic E-state index is -0.0120. The molecule has 0 N–H and O–H groups in total. The fourth-order valence-electron chi connectivity index (χ4n) is 4.07. The van der Waals surface area contributed by atoms with Gasteiger partial charge in [-0.25, -0.2) is 9.97 Å². The number of ether oxygens (including phenoxy) is 2. The maximum atomic E-state index is 6.17. The van der Waals surface area contributed by atoms with Gasteiger partial charge in [0.2, 0.25) is 0 Å². The lowest BCUT2D eigenvalue weighted by Gasteiger charge is -2.36. The monoisotopic (exact) mass is 393 g/mol. The number of aromatic nitrogens is 4. The average Bonchev–Trinajstić information content (AvgIpc) is 3.32. The molecule has 0 amide bonds. The maximum Gasteiger partial charge on any atom is 0.132 e. The van der Waals surface area contributed by atoms with Gasteiger partial charge in [0.25, 0.3) is 0 Å². The summed E-state index contributed by atoms with van der Waals surface area (Å²) < 4.78 is 13.9. The lowest BCUT2D eigenvalue weighted by molar-refractivity contribution is -0.00546. The number of benzene rings is 1. The van der Waals surface area contributed by atoms with Crippen molar-refractivity contribution in [1.82, 2.24) is 19.7 Å². The lowest BCUT2D eigenvalue weighted by Crippen LogP contribution is -2.45. The zero-order valence-electron chi connectivity index (χ0n) is 17.4. The van der Waals surface area contributed by atoms with Crippen molar-refractivity contribution in [2.75, 3.05) is 18.0 Å². The number of aryl methyl sites for hydroxylation is 1. The number of morpholine rings is 1. The third-order valence-electron chi connectivity index (χ3n) is 5.78. The minimum absolute atomic E-state index is 0.0120. The highest BCUT2D eigenvalue weighted by Gasteiger charge is 2.40. The molecule has 7 heteroatoms. The molecule has 0 bridgehead atoms. The third kappa shape index (κ3) is 3.55. The van der Waals surface area contributed by atoms with E-state index in [4.69, 9.17) is 14.6 Å². The van der Waals surface area contributed by atoms with Gasteiger partial charge >= 0.3 is 0 Å². The van der Waals surface area contributed by atoms with Crippen LogP contribution in [0.15, 0.2) is 30.6 Å². The Labute approximate surface area is 170 Å². The summed E-state index contributed by atoms with van der Waals surface area (Å²) in [4.78, 5) is 11.3. The van der Waals surface area contributed by atoms with Crippen LogP contribution < -0.4 is 9.64 Å². The minimum Gasteiger partial charge on any atom is -0.488 e. The number of fused-ring (bicyclic) bond motifs is 1. The predicted molar refractivity (Wildman–Crippen MR) is 112 cm³/mol. The van der Waals surface area contributed by atoms with Crippen molar-refractivity contribution in [3.8, 4) is 17.1 Å². The summed E-state index contributed by atoms with van der Waals surface area (Å²) in [7, 11) is 1.96. The van der Waals surface area contributed by atoms with Crippen molar-refractivity contribution in [1.29, 1.82) is 0 Å². The normalized spacial score (nSPS) is 23.4. The molecule has 29 heavy (non-hydrogen) atoms. The van der Waals surface area contributed by atoms with Gasteiger partial charge in [0.05, 0.1) is 23.4 Å². The van der Waals surface area contributed by atoms with Crippen LogP contribution in [0.3, 0.4) is 0 Å². The molecule has 1 saturated carbocycles. The summed E-state index contributed by atoms with van der Waals surface area (Å²) >= 11 is 0. The Kier molecular flexibility index (Phi) is 4.24. The first-order chi connectivity index (χ1) is 13.9. The first kappa shape index (κ1) is 18.4. The van der Waals surface area contributed by atoms with E-state index >= 15 is 0 Å². The van der Waals surface area contributed by atoms with Crippen molar-refractivity contribution >= 4 is 16.7 Å². The zero-order chi connectivity index (χ0) is 20.2. The lowest BCUT2D eigenvalue weighted by atomic mass is 10.1. The summed E-state index contributed by atoms with van der Waals surface area (Å²) in [6.07, 6.45) is 4.20.